The van der Waals surface area contributed by atoms with Crippen LogP contribution in [0.3, 0.4) is 0 Å². The molecule has 0 spiro atoms. The zero-order chi connectivity index (χ0) is 31.7. The second-order valence-corrected chi connectivity index (χ2v) is 6.87. The normalized spacial score (nSPS) is 12.9. The van der Waals surface area contributed by atoms with E-state index in [0.717, 1.165) is 13.8 Å². The summed E-state index contributed by atoms with van der Waals surface area (Å²) in [7, 11) is 0. The third-order valence-electron chi connectivity index (χ3n) is 3.88. The maximum absolute atomic E-state index is 12.8. The van der Waals surface area contributed by atoms with E-state index in [1.54, 1.807) is 13.8 Å². The number of hydrogen-bond acceptors (Lipinski definition) is 6. The Morgan fingerprint density at radius 1 is 0.564 bits per heavy atom. The van der Waals surface area contributed by atoms with Crippen LogP contribution < -0.4 is 0 Å². The summed E-state index contributed by atoms with van der Waals surface area (Å²) in [6, 6.07) is 0. The molecule has 0 saturated carbocycles. The van der Waals surface area contributed by atoms with E-state index in [2.05, 4.69) is 0 Å². The van der Waals surface area contributed by atoms with Crippen LogP contribution >= 0.6 is 0 Å². The summed E-state index contributed by atoms with van der Waals surface area (Å²) in [6.45, 7) is 5.79. The summed E-state index contributed by atoms with van der Waals surface area (Å²) < 4.78 is 123. The number of alkyl halides is 10. The molecule has 0 amide bonds. The van der Waals surface area contributed by atoms with E-state index >= 15 is 0 Å². The molecule has 0 aromatic heterocycles. The first-order valence-corrected chi connectivity index (χ1v) is 10.5. The molecule has 4 N–H and O–H groups in total. The predicted molar refractivity (Wildman–Crippen MR) is 110 cm³/mol. The van der Waals surface area contributed by atoms with Crippen molar-refractivity contribution in [2.45, 2.75) is 77.6 Å². The molecule has 0 aromatic rings. The number of carbonyl (C=O) groups excluding carboxylic acids is 2. The molecule has 19 heteroatoms. The molecule has 0 heterocycles. The maximum Gasteiger partial charge on any atom is 0.454 e. The molecule has 8 nitrogen and oxygen atoms in total. The average molecular weight is 636 g/mol. The fraction of sp³-hybridized carbons (Fsp3) is 0.800. The first-order valence-electron chi connectivity index (χ1n) is 10.5. The van der Waals surface area contributed by atoms with Crippen molar-refractivity contribution in [1.29, 1.82) is 0 Å². The van der Waals surface area contributed by atoms with Crippen molar-refractivity contribution in [3.8, 4) is 0 Å². The molecule has 0 saturated heterocycles. The van der Waals surface area contributed by atoms with E-state index in [1.165, 1.54) is 0 Å². The predicted octanol–water partition coefficient (Wildman–Crippen LogP) is 4.50. The molecule has 0 bridgehead atoms. The van der Waals surface area contributed by atoms with Crippen molar-refractivity contribution >= 4 is 23.5 Å². The van der Waals surface area contributed by atoms with Crippen LogP contribution in [0.1, 0.15) is 53.4 Å². The number of rotatable bonds is 10. The standard InChI is InChI=1S/2C8H9F5O3.2C2H6O.Ti/c2*1-2-4(5(14)3-6(15)16)7(9,10)8(11,12)13;2*1-2-3;/h2*4H,2-3H2,1H3,(H,15,16);2*3H,2H2,1H3;. The number of aliphatic hydroxyl groups is 2. The molecule has 2 atom stereocenters. The Morgan fingerprint density at radius 2 is 0.744 bits per heavy atom. The summed E-state index contributed by atoms with van der Waals surface area (Å²) in [5.74, 6) is -22.4. The molecule has 0 aliphatic carbocycles. The number of Topliss-reactive ketones (excluding diaryl/α,β-unsaturated/α-hetero) is 2. The molecular formula is C20H30F10O8Ti. The van der Waals surface area contributed by atoms with Gasteiger partial charge in [-0.2, -0.15) is 43.9 Å². The van der Waals surface area contributed by atoms with Crippen LogP contribution in [-0.2, 0) is 40.9 Å². The van der Waals surface area contributed by atoms with E-state index < -0.39 is 85.2 Å². The summed E-state index contributed by atoms with van der Waals surface area (Å²) in [5.41, 5.74) is 0. The number of aliphatic carboxylic acids is 2. The summed E-state index contributed by atoms with van der Waals surface area (Å²) in [4.78, 5) is 42.0. The topological polar surface area (TPSA) is 149 Å². The number of carboxylic acid groups (broad SMARTS) is 2. The SMILES string of the molecule is CCC(C(=O)CC(=O)O)C(F)(F)C(F)(F)F.CCC(C(=O)CC(=O)O)C(F)(F)C(F)(F)F.CCO.CCO.[Ti]. The molecule has 0 aliphatic heterocycles. The number of carboxylic acids is 2. The van der Waals surface area contributed by atoms with Gasteiger partial charge in [0, 0.05) is 34.9 Å². The average Bonchev–Trinajstić information content (AvgIpc) is 2.67. The molecular weight excluding hydrogens is 606 g/mol. The van der Waals surface area contributed by atoms with Gasteiger partial charge in [0.25, 0.3) is 0 Å². The van der Waals surface area contributed by atoms with Gasteiger partial charge in [-0.1, -0.05) is 13.8 Å². The van der Waals surface area contributed by atoms with E-state index in [9.17, 15) is 63.1 Å². The van der Waals surface area contributed by atoms with Crippen LogP contribution in [0.4, 0.5) is 43.9 Å². The van der Waals surface area contributed by atoms with Crippen LogP contribution in [0.15, 0.2) is 0 Å². The van der Waals surface area contributed by atoms with Crippen LogP contribution in [-0.4, -0.2) is 81.3 Å². The molecule has 0 aliphatic rings. The molecule has 2 unspecified atom stereocenters. The zero-order valence-electron chi connectivity index (χ0n) is 21.1. The Morgan fingerprint density at radius 3 is 0.846 bits per heavy atom. The van der Waals surface area contributed by atoms with Gasteiger partial charge in [0.2, 0.25) is 0 Å². The van der Waals surface area contributed by atoms with Crippen LogP contribution in [0, 0.1) is 11.8 Å². The number of halogens is 10. The Balaban J connectivity index is -0.000000160. The first kappa shape index (κ1) is 47.0. The van der Waals surface area contributed by atoms with Gasteiger partial charge in [0.05, 0.1) is 11.8 Å². The van der Waals surface area contributed by atoms with Gasteiger partial charge in [0.1, 0.15) is 12.8 Å². The van der Waals surface area contributed by atoms with E-state index in [1.807, 2.05) is 0 Å². The number of hydrogen-bond donors (Lipinski definition) is 4. The second-order valence-electron chi connectivity index (χ2n) is 6.87. The van der Waals surface area contributed by atoms with Crippen molar-refractivity contribution in [2.75, 3.05) is 13.2 Å². The van der Waals surface area contributed by atoms with Gasteiger partial charge in [-0.25, -0.2) is 0 Å². The van der Waals surface area contributed by atoms with Crippen molar-refractivity contribution in [1.82, 2.24) is 0 Å². The fourth-order valence-electron chi connectivity index (χ4n) is 2.31. The van der Waals surface area contributed by atoms with E-state index in [0.29, 0.717) is 0 Å². The molecule has 0 radical (unpaired) electrons. The van der Waals surface area contributed by atoms with Gasteiger partial charge in [-0.15, -0.1) is 0 Å². The van der Waals surface area contributed by atoms with Gasteiger partial charge in [-0.05, 0) is 26.7 Å². The third kappa shape index (κ3) is 18.2. The Hall–Kier alpha value is -1.79. The number of carbonyl (C=O) groups is 4. The fourth-order valence-corrected chi connectivity index (χ4v) is 2.31. The number of aliphatic hydroxyl groups excluding tert-OH is 2. The molecule has 0 fully saturated rings. The maximum atomic E-state index is 12.8. The molecule has 0 rings (SSSR count). The monoisotopic (exact) mass is 636 g/mol. The molecule has 39 heavy (non-hydrogen) atoms. The van der Waals surface area contributed by atoms with Crippen molar-refractivity contribution < 1.29 is 105 Å². The molecule has 0 aromatic carbocycles. The van der Waals surface area contributed by atoms with Crippen LogP contribution in [0.25, 0.3) is 0 Å². The van der Waals surface area contributed by atoms with Gasteiger partial charge >= 0.3 is 36.1 Å². The van der Waals surface area contributed by atoms with Crippen LogP contribution in [0.2, 0.25) is 0 Å². The summed E-state index contributed by atoms with van der Waals surface area (Å²) >= 11 is 0. The van der Waals surface area contributed by atoms with Gasteiger partial charge < -0.3 is 20.4 Å². The summed E-state index contributed by atoms with van der Waals surface area (Å²) in [6.07, 6.45) is -16.0. The van der Waals surface area contributed by atoms with Crippen molar-refractivity contribution in [2.24, 2.45) is 11.8 Å². The largest absolute Gasteiger partial charge is 0.481 e. The quantitative estimate of drug-likeness (QED) is 0.156. The third-order valence-corrected chi connectivity index (χ3v) is 3.88. The minimum atomic E-state index is -5.86. The molecule has 232 valence electrons. The van der Waals surface area contributed by atoms with Gasteiger partial charge in [0.15, 0.2) is 11.6 Å². The Kier molecular flexibility index (Phi) is 25.4. The summed E-state index contributed by atoms with van der Waals surface area (Å²) in [5, 5.41) is 31.4. The Bertz CT molecular complexity index is 668. The van der Waals surface area contributed by atoms with Crippen LogP contribution in [0.5, 0.6) is 0 Å². The zero-order valence-corrected chi connectivity index (χ0v) is 22.7. The minimum Gasteiger partial charge on any atom is -0.481 e. The number of ketones is 2. The van der Waals surface area contributed by atoms with E-state index in [4.69, 9.17) is 20.4 Å². The second kappa shape index (κ2) is 21.0. The smallest absolute Gasteiger partial charge is 0.454 e. The van der Waals surface area contributed by atoms with Crippen molar-refractivity contribution in [3.05, 3.63) is 0 Å². The first-order chi connectivity index (χ1) is 16.9. The Labute approximate surface area is 231 Å². The van der Waals surface area contributed by atoms with Gasteiger partial charge in [-0.3, -0.25) is 19.2 Å². The van der Waals surface area contributed by atoms with Crippen molar-refractivity contribution in [3.63, 3.8) is 0 Å². The van der Waals surface area contributed by atoms with E-state index in [-0.39, 0.29) is 34.9 Å². The minimum absolute atomic E-state index is 0.